The first-order valence-corrected chi connectivity index (χ1v) is 11.8. The first kappa shape index (κ1) is 20.2. The number of nitrogens with one attached hydrogen (secondary N) is 3. The van der Waals surface area contributed by atoms with Gasteiger partial charge in [0.25, 0.3) is 0 Å². The quantitative estimate of drug-likeness (QED) is 0.507. The third kappa shape index (κ3) is 4.21. The number of anilines is 2. The standard InChI is InChI=1S/C21H27N7O2S/c1-12-7-9-27(10-8-12)20-25-26-21(28(20)15-4-5-15)31-13(2)18(29)22-14-3-6-16-17(11-14)24-19(30)23-16/h3,6,11-13,15H,4-5,7-10H2,1-2H3,(H,22,29)(H2,23,24,30). The van der Waals surface area contributed by atoms with E-state index in [4.69, 9.17) is 0 Å². The van der Waals surface area contributed by atoms with Crippen LogP contribution in [0.2, 0.25) is 0 Å². The zero-order valence-electron chi connectivity index (χ0n) is 17.7. The van der Waals surface area contributed by atoms with E-state index in [1.54, 1.807) is 18.2 Å². The monoisotopic (exact) mass is 441 g/mol. The Hall–Kier alpha value is -2.75. The minimum Gasteiger partial charge on any atom is -0.341 e. The van der Waals surface area contributed by atoms with Gasteiger partial charge in [0.1, 0.15) is 0 Å². The summed E-state index contributed by atoms with van der Waals surface area (Å²) in [6.07, 6.45) is 4.63. The molecule has 164 valence electrons. The van der Waals surface area contributed by atoms with Gasteiger partial charge in [-0.2, -0.15) is 0 Å². The van der Waals surface area contributed by atoms with E-state index in [-0.39, 0.29) is 16.8 Å². The lowest BCUT2D eigenvalue weighted by atomic mass is 10.00. The molecular weight excluding hydrogens is 414 g/mol. The molecule has 3 heterocycles. The molecule has 1 saturated heterocycles. The summed E-state index contributed by atoms with van der Waals surface area (Å²) in [6.45, 7) is 6.20. The molecule has 1 aromatic carbocycles. The molecule has 5 rings (SSSR count). The molecule has 0 spiro atoms. The number of carbonyl (C=O) groups excluding carboxylic acids is 1. The van der Waals surface area contributed by atoms with Gasteiger partial charge in [-0.1, -0.05) is 18.7 Å². The van der Waals surface area contributed by atoms with Gasteiger partial charge in [-0.25, -0.2) is 4.79 Å². The predicted molar refractivity (Wildman–Crippen MR) is 122 cm³/mol. The molecule has 0 radical (unpaired) electrons. The predicted octanol–water partition coefficient (Wildman–Crippen LogP) is 3.14. The normalized spacial score (nSPS) is 18.5. The largest absolute Gasteiger partial charge is 0.341 e. The van der Waals surface area contributed by atoms with Gasteiger partial charge in [0.05, 0.1) is 16.3 Å². The van der Waals surface area contributed by atoms with Crippen molar-refractivity contribution < 1.29 is 4.79 Å². The number of aromatic amines is 2. The second kappa shape index (κ2) is 8.07. The molecule has 1 unspecified atom stereocenters. The van der Waals surface area contributed by atoms with Gasteiger partial charge in [-0.3, -0.25) is 9.36 Å². The summed E-state index contributed by atoms with van der Waals surface area (Å²) in [4.78, 5) is 32.0. The van der Waals surface area contributed by atoms with Crippen LogP contribution in [0, 0.1) is 5.92 Å². The molecule has 31 heavy (non-hydrogen) atoms. The number of nitrogens with zero attached hydrogens (tertiary/aromatic N) is 4. The maximum Gasteiger partial charge on any atom is 0.323 e. The van der Waals surface area contributed by atoms with Crippen LogP contribution in [0.25, 0.3) is 11.0 Å². The Morgan fingerprint density at radius 1 is 1.16 bits per heavy atom. The molecular formula is C21H27N7O2S. The van der Waals surface area contributed by atoms with E-state index in [1.807, 2.05) is 6.92 Å². The molecule has 1 saturated carbocycles. The van der Waals surface area contributed by atoms with Crippen molar-refractivity contribution in [3.8, 4) is 0 Å². The lowest BCUT2D eigenvalue weighted by Crippen LogP contribution is -2.34. The molecule has 9 nitrogen and oxygen atoms in total. The number of piperidine rings is 1. The smallest absolute Gasteiger partial charge is 0.323 e. The Morgan fingerprint density at radius 2 is 1.90 bits per heavy atom. The van der Waals surface area contributed by atoms with Crippen molar-refractivity contribution in [2.75, 3.05) is 23.3 Å². The highest BCUT2D eigenvalue weighted by molar-refractivity contribution is 8.00. The third-order valence-corrected chi connectivity index (χ3v) is 7.12. The molecule has 0 bridgehead atoms. The van der Waals surface area contributed by atoms with Gasteiger partial charge >= 0.3 is 5.69 Å². The van der Waals surface area contributed by atoms with Crippen LogP contribution >= 0.6 is 11.8 Å². The average molecular weight is 442 g/mol. The van der Waals surface area contributed by atoms with Crippen molar-refractivity contribution in [1.82, 2.24) is 24.7 Å². The highest BCUT2D eigenvalue weighted by Crippen LogP contribution is 2.42. The Labute approximate surface area is 184 Å². The molecule has 10 heteroatoms. The number of imidazole rings is 1. The third-order valence-electron chi connectivity index (χ3n) is 6.06. The summed E-state index contributed by atoms with van der Waals surface area (Å²) in [5.41, 5.74) is 1.76. The van der Waals surface area contributed by atoms with Crippen LogP contribution in [0.1, 0.15) is 45.6 Å². The second-order valence-corrected chi connectivity index (χ2v) is 9.95. The zero-order chi connectivity index (χ0) is 21.5. The first-order valence-electron chi connectivity index (χ1n) is 10.9. The van der Waals surface area contributed by atoms with Crippen molar-refractivity contribution >= 4 is 40.3 Å². The zero-order valence-corrected chi connectivity index (χ0v) is 18.5. The molecule has 1 atom stereocenters. The fourth-order valence-corrected chi connectivity index (χ4v) is 4.91. The Morgan fingerprint density at radius 3 is 2.65 bits per heavy atom. The van der Waals surface area contributed by atoms with Gasteiger partial charge in [0.15, 0.2) is 5.16 Å². The number of amides is 1. The number of rotatable bonds is 6. The van der Waals surface area contributed by atoms with Gasteiger partial charge < -0.3 is 20.2 Å². The van der Waals surface area contributed by atoms with Crippen LogP contribution in [0.3, 0.4) is 0 Å². The summed E-state index contributed by atoms with van der Waals surface area (Å²) >= 11 is 1.45. The average Bonchev–Trinajstić information content (AvgIpc) is 3.39. The first-order chi connectivity index (χ1) is 15.0. The van der Waals surface area contributed by atoms with Crippen molar-refractivity contribution in [3.63, 3.8) is 0 Å². The molecule has 2 fully saturated rings. The number of hydrogen-bond donors (Lipinski definition) is 3. The molecule has 1 aliphatic carbocycles. The molecule has 3 N–H and O–H groups in total. The summed E-state index contributed by atoms with van der Waals surface area (Å²) < 4.78 is 2.24. The maximum absolute atomic E-state index is 12.8. The Balaban J connectivity index is 1.29. The molecule has 1 aliphatic heterocycles. The fourth-order valence-electron chi connectivity index (χ4n) is 3.99. The highest BCUT2D eigenvalue weighted by Gasteiger charge is 2.33. The number of benzene rings is 1. The number of fused-ring (bicyclic) bond motifs is 1. The van der Waals surface area contributed by atoms with Crippen LogP contribution in [0.4, 0.5) is 11.6 Å². The SMILES string of the molecule is CC1CCN(c2nnc(SC(C)C(=O)Nc3ccc4[nH]c(=O)[nH]c4c3)n2C2CC2)CC1. The number of thioether (sulfide) groups is 1. The molecule has 2 aliphatic rings. The van der Waals surface area contributed by atoms with E-state index in [0.717, 1.165) is 43.0 Å². The summed E-state index contributed by atoms with van der Waals surface area (Å²) in [7, 11) is 0. The number of aromatic nitrogens is 5. The molecule has 2 aromatic heterocycles. The van der Waals surface area contributed by atoms with E-state index in [1.165, 1.54) is 24.6 Å². The van der Waals surface area contributed by atoms with E-state index >= 15 is 0 Å². The van der Waals surface area contributed by atoms with E-state index < -0.39 is 0 Å². The van der Waals surface area contributed by atoms with Gasteiger partial charge in [0, 0.05) is 24.8 Å². The number of H-pyrrole nitrogens is 2. The molecule has 3 aromatic rings. The summed E-state index contributed by atoms with van der Waals surface area (Å²) in [5.74, 6) is 1.60. The van der Waals surface area contributed by atoms with Gasteiger partial charge in [-0.15, -0.1) is 10.2 Å². The Kier molecular flexibility index (Phi) is 5.25. The van der Waals surface area contributed by atoms with Crippen molar-refractivity contribution in [1.29, 1.82) is 0 Å². The van der Waals surface area contributed by atoms with Crippen molar-refractivity contribution in [3.05, 3.63) is 28.7 Å². The van der Waals surface area contributed by atoms with Crippen molar-refractivity contribution in [2.24, 2.45) is 5.92 Å². The Bertz CT molecular complexity index is 1150. The van der Waals surface area contributed by atoms with E-state index in [0.29, 0.717) is 22.8 Å². The van der Waals surface area contributed by atoms with Gasteiger partial charge in [-0.05, 0) is 56.7 Å². The van der Waals surface area contributed by atoms with Crippen LogP contribution in [-0.2, 0) is 4.79 Å². The van der Waals surface area contributed by atoms with Crippen LogP contribution < -0.4 is 15.9 Å². The fraction of sp³-hybridized carbons (Fsp3) is 0.524. The molecule has 1 amide bonds. The van der Waals surface area contributed by atoms with Crippen LogP contribution in [0.5, 0.6) is 0 Å². The second-order valence-electron chi connectivity index (χ2n) is 8.64. The van der Waals surface area contributed by atoms with Crippen LogP contribution in [0.15, 0.2) is 28.2 Å². The lowest BCUT2D eigenvalue weighted by Gasteiger charge is -2.31. The highest BCUT2D eigenvalue weighted by atomic mass is 32.2. The summed E-state index contributed by atoms with van der Waals surface area (Å²) in [5, 5.41) is 12.4. The van der Waals surface area contributed by atoms with E-state index in [2.05, 4.69) is 41.9 Å². The number of carbonyl (C=O) groups is 1. The van der Waals surface area contributed by atoms with E-state index in [9.17, 15) is 9.59 Å². The number of hydrogen-bond acceptors (Lipinski definition) is 6. The van der Waals surface area contributed by atoms with Crippen LogP contribution in [-0.4, -0.2) is 49.0 Å². The maximum atomic E-state index is 12.8. The summed E-state index contributed by atoms with van der Waals surface area (Å²) in [6, 6.07) is 5.75. The minimum atomic E-state index is -0.336. The minimum absolute atomic E-state index is 0.110. The topological polar surface area (TPSA) is 112 Å². The van der Waals surface area contributed by atoms with Gasteiger partial charge in [0.2, 0.25) is 11.9 Å². The van der Waals surface area contributed by atoms with Crippen molar-refractivity contribution in [2.45, 2.75) is 56.0 Å². The lowest BCUT2D eigenvalue weighted by molar-refractivity contribution is -0.115.